The Balaban J connectivity index is 1.34. The molecule has 0 atom stereocenters. The zero-order valence-corrected chi connectivity index (χ0v) is 19.7. The second-order valence-corrected chi connectivity index (χ2v) is 9.08. The zero-order chi connectivity index (χ0) is 24.9. The van der Waals surface area contributed by atoms with Gasteiger partial charge in [0.25, 0.3) is 0 Å². The van der Waals surface area contributed by atoms with Crippen LogP contribution < -0.4 is 15.1 Å². The lowest BCUT2D eigenvalue weighted by atomic mass is 9.86. The third kappa shape index (κ3) is 3.50. The van der Waals surface area contributed by atoms with Crippen molar-refractivity contribution in [3.63, 3.8) is 0 Å². The Bertz CT molecular complexity index is 1640. The van der Waals surface area contributed by atoms with E-state index in [1.807, 2.05) is 24.3 Å². The molecule has 7 rings (SSSR count). The van der Waals surface area contributed by atoms with Crippen LogP contribution in [0.3, 0.4) is 0 Å². The second kappa shape index (κ2) is 8.41. The Morgan fingerprint density at radius 3 is 2.32 bits per heavy atom. The third-order valence-corrected chi connectivity index (χ3v) is 6.96. The van der Waals surface area contributed by atoms with Gasteiger partial charge < -0.3 is 19.6 Å². The Morgan fingerprint density at radius 1 is 0.865 bits per heavy atom. The summed E-state index contributed by atoms with van der Waals surface area (Å²) >= 11 is 0. The van der Waals surface area contributed by atoms with Gasteiger partial charge in [-0.3, -0.25) is 4.79 Å². The topological polar surface area (TPSA) is 87.4 Å². The summed E-state index contributed by atoms with van der Waals surface area (Å²) in [5.74, 6) is 0.871. The number of nitrogens with one attached hydrogen (secondary N) is 1. The minimum absolute atomic E-state index is 0.0986. The third-order valence-electron chi connectivity index (χ3n) is 6.96. The van der Waals surface area contributed by atoms with E-state index in [1.165, 1.54) is 12.1 Å². The number of halogens is 1. The summed E-state index contributed by atoms with van der Waals surface area (Å²) in [7, 11) is 0. The molecule has 1 aliphatic carbocycles. The van der Waals surface area contributed by atoms with E-state index in [1.54, 1.807) is 36.7 Å². The summed E-state index contributed by atoms with van der Waals surface area (Å²) in [6.07, 6.45) is 3.49. The lowest BCUT2D eigenvalue weighted by Gasteiger charge is -2.36. The van der Waals surface area contributed by atoms with Crippen molar-refractivity contribution in [1.29, 1.82) is 0 Å². The monoisotopic (exact) mass is 492 g/mol. The number of aromatic nitrogens is 3. The smallest absolute Gasteiger partial charge is 0.225 e. The lowest BCUT2D eigenvalue weighted by molar-refractivity contribution is 0.104. The fourth-order valence-corrected chi connectivity index (χ4v) is 5.17. The van der Waals surface area contributed by atoms with Gasteiger partial charge in [0.2, 0.25) is 5.95 Å². The van der Waals surface area contributed by atoms with Crippen LogP contribution in [0, 0.1) is 5.82 Å². The molecule has 0 radical (unpaired) electrons. The van der Waals surface area contributed by atoms with Gasteiger partial charge in [-0.05, 0) is 36.4 Å². The van der Waals surface area contributed by atoms with E-state index in [0.717, 1.165) is 37.4 Å². The van der Waals surface area contributed by atoms with Crippen LogP contribution in [0.1, 0.15) is 15.9 Å². The van der Waals surface area contributed by atoms with Crippen molar-refractivity contribution >= 4 is 39.7 Å². The first-order valence-corrected chi connectivity index (χ1v) is 12.1. The molecule has 0 spiro atoms. The van der Waals surface area contributed by atoms with Crippen LogP contribution in [0.4, 0.5) is 27.4 Å². The number of nitrogens with zero attached hydrogens (tertiary/aromatic N) is 5. The summed E-state index contributed by atoms with van der Waals surface area (Å²) in [5.41, 5.74) is 4.65. The standard InChI is InChI=1S/C28H21FN6O2/c29-17-6-8-18(9-7-17)32-21-16-22(34-12-14-35(15-13-34)28-30-10-3-11-31-28)25-24-23(21)26(36)19-4-1-2-5-20(19)27(24)37-33-25/h1-11,16,32H,12-15H2. The fraction of sp³-hybridized carbons (Fsp3) is 0.143. The summed E-state index contributed by atoms with van der Waals surface area (Å²) < 4.78 is 19.4. The number of carbonyl (C=O) groups excluding carboxylic acids is 1. The number of ketones is 1. The highest BCUT2D eigenvalue weighted by atomic mass is 19.1. The summed E-state index contributed by atoms with van der Waals surface area (Å²) in [5, 5.41) is 8.50. The van der Waals surface area contributed by atoms with Gasteiger partial charge in [-0.25, -0.2) is 14.4 Å². The highest BCUT2D eigenvalue weighted by Gasteiger charge is 2.34. The maximum absolute atomic E-state index is 13.7. The van der Waals surface area contributed by atoms with Crippen LogP contribution in [-0.2, 0) is 0 Å². The first kappa shape index (κ1) is 21.5. The van der Waals surface area contributed by atoms with Crippen LogP contribution >= 0.6 is 0 Å². The van der Waals surface area contributed by atoms with Crippen LogP contribution in [0.25, 0.3) is 22.2 Å². The number of carbonyl (C=O) groups is 1. The molecule has 1 N–H and O–H groups in total. The molecule has 1 fully saturated rings. The van der Waals surface area contributed by atoms with Crippen molar-refractivity contribution in [1.82, 2.24) is 15.1 Å². The predicted molar refractivity (Wildman–Crippen MR) is 139 cm³/mol. The van der Waals surface area contributed by atoms with E-state index < -0.39 is 0 Å². The largest absolute Gasteiger partial charge is 0.366 e. The molecule has 3 heterocycles. The Kier molecular flexibility index (Phi) is 4.88. The minimum Gasteiger partial charge on any atom is -0.366 e. The first-order chi connectivity index (χ1) is 18.2. The molecular formula is C28H21FN6O2. The molecule has 1 saturated heterocycles. The average molecular weight is 493 g/mol. The molecule has 182 valence electrons. The Morgan fingerprint density at radius 2 is 1.57 bits per heavy atom. The molecule has 2 aliphatic rings. The summed E-state index contributed by atoms with van der Waals surface area (Å²) in [6, 6.07) is 17.3. The molecule has 37 heavy (non-hydrogen) atoms. The van der Waals surface area contributed by atoms with Crippen molar-refractivity contribution < 1.29 is 13.7 Å². The van der Waals surface area contributed by atoms with Crippen LogP contribution in [0.15, 0.2) is 77.6 Å². The van der Waals surface area contributed by atoms with E-state index in [4.69, 9.17) is 4.52 Å². The summed E-state index contributed by atoms with van der Waals surface area (Å²) in [4.78, 5) is 26.9. The predicted octanol–water partition coefficient (Wildman–Crippen LogP) is 5.04. The quantitative estimate of drug-likeness (QED) is 0.366. The number of anilines is 4. The highest BCUT2D eigenvalue weighted by Crippen LogP contribution is 2.46. The maximum atomic E-state index is 13.7. The van der Waals surface area contributed by atoms with Crippen molar-refractivity contribution in [3.8, 4) is 11.3 Å². The molecule has 0 amide bonds. The minimum atomic E-state index is -0.324. The normalized spacial score (nSPS) is 14.7. The van der Waals surface area contributed by atoms with Crippen molar-refractivity contribution in [2.75, 3.05) is 41.3 Å². The molecule has 0 saturated carbocycles. The molecule has 1 aliphatic heterocycles. The Hall–Kier alpha value is -4.79. The molecule has 0 unspecified atom stereocenters. The molecule has 0 bridgehead atoms. The fourth-order valence-electron chi connectivity index (χ4n) is 5.17. The van der Waals surface area contributed by atoms with E-state index in [-0.39, 0.29) is 11.6 Å². The van der Waals surface area contributed by atoms with Gasteiger partial charge in [-0.2, -0.15) is 0 Å². The molecule has 9 heteroatoms. The van der Waals surface area contributed by atoms with Crippen molar-refractivity contribution in [2.45, 2.75) is 0 Å². The van der Waals surface area contributed by atoms with Gasteiger partial charge in [0.1, 0.15) is 11.3 Å². The number of hydrogen-bond donors (Lipinski definition) is 1. The van der Waals surface area contributed by atoms with Crippen molar-refractivity contribution in [3.05, 3.63) is 90.0 Å². The maximum Gasteiger partial charge on any atom is 0.225 e. The number of rotatable bonds is 4. The molecule has 3 aromatic carbocycles. The number of piperazine rings is 1. The average Bonchev–Trinajstić information content (AvgIpc) is 3.39. The van der Waals surface area contributed by atoms with Gasteiger partial charge in [-0.15, -0.1) is 0 Å². The second-order valence-electron chi connectivity index (χ2n) is 9.08. The highest BCUT2D eigenvalue weighted by molar-refractivity contribution is 6.28. The van der Waals surface area contributed by atoms with Crippen LogP contribution in [0.2, 0.25) is 0 Å². The number of hydrogen-bond acceptors (Lipinski definition) is 8. The molecule has 5 aromatic rings. The molecule has 2 aromatic heterocycles. The Labute approximate surface area is 211 Å². The summed E-state index contributed by atoms with van der Waals surface area (Å²) in [6.45, 7) is 2.91. The number of benzene rings is 3. The van der Waals surface area contributed by atoms with Gasteiger partial charge in [0, 0.05) is 55.4 Å². The van der Waals surface area contributed by atoms with Crippen LogP contribution in [-0.4, -0.2) is 47.1 Å². The van der Waals surface area contributed by atoms with Crippen LogP contribution in [0.5, 0.6) is 0 Å². The SMILES string of the molecule is O=C1c2ccccc2-c2onc3c(N4CCN(c5ncccn5)CC4)cc(Nc4ccc(F)cc4)c1c23. The first-order valence-electron chi connectivity index (χ1n) is 12.1. The lowest BCUT2D eigenvalue weighted by Crippen LogP contribution is -2.47. The molecule has 8 nitrogen and oxygen atoms in total. The molecular weight excluding hydrogens is 471 g/mol. The van der Waals surface area contributed by atoms with Gasteiger partial charge in [0.15, 0.2) is 11.5 Å². The van der Waals surface area contributed by atoms with Crippen molar-refractivity contribution in [2.24, 2.45) is 0 Å². The van der Waals surface area contributed by atoms with E-state index in [0.29, 0.717) is 45.1 Å². The zero-order valence-electron chi connectivity index (χ0n) is 19.7. The van der Waals surface area contributed by atoms with E-state index >= 15 is 0 Å². The van der Waals surface area contributed by atoms with Gasteiger partial charge >= 0.3 is 0 Å². The van der Waals surface area contributed by atoms with E-state index in [2.05, 4.69) is 30.2 Å². The van der Waals surface area contributed by atoms with E-state index in [9.17, 15) is 9.18 Å². The van der Waals surface area contributed by atoms with Gasteiger partial charge in [0.05, 0.1) is 22.3 Å². The van der Waals surface area contributed by atoms with Gasteiger partial charge in [-0.1, -0.05) is 29.4 Å². The number of fused-ring (bicyclic) bond motifs is 2.